The molecule has 1 atom stereocenters. The lowest BCUT2D eigenvalue weighted by molar-refractivity contribution is 0.414. The van der Waals surface area contributed by atoms with Crippen molar-refractivity contribution in [2.24, 2.45) is 5.73 Å². The number of hydrogen-bond acceptors (Lipinski definition) is 4. The molecule has 1 heterocycles. The first-order valence-corrected chi connectivity index (χ1v) is 7.06. The Hall–Kier alpha value is -2.66. The van der Waals surface area contributed by atoms with Gasteiger partial charge in [-0.15, -0.1) is 0 Å². The van der Waals surface area contributed by atoms with Crippen LogP contribution < -0.4 is 10.5 Å². The van der Waals surface area contributed by atoms with E-state index in [1.165, 1.54) is 5.56 Å². The number of nitrogens with one attached hydrogen (secondary N) is 1. The summed E-state index contributed by atoms with van der Waals surface area (Å²) < 4.78 is 5.15. The van der Waals surface area contributed by atoms with Crippen LogP contribution in [0.3, 0.4) is 0 Å². The minimum absolute atomic E-state index is 0.349. The van der Waals surface area contributed by atoms with Gasteiger partial charge in [-0.2, -0.15) is 5.10 Å². The van der Waals surface area contributed by atoms with Gasteiger partial charge in [-0.05, 0) is 24.6 Å². The van der Waals surface area contributed by atoms with Gasteiger partial charge in [0.1, 0.15) is 11.6 Å². The van der Waals surface area contributed by atoms with Crippen LogP contribution in [0.2, 0.25) is 0 Å². The van der Waals surface area contributed by atoms with Crippen molar-refractivity contribution < 1.29 is 4.74 Å². The molecule has 0 spiro atoms. The summed E-state index contributed by atoms with van der Waals surface area (Å²) in [5.41, 5.74) is 9.37. The largest absolute Gasteiger partial charge is 0.497 e. The Bertz CT molecular complexity index is 747. The Morgan fingerprint density at radius 2 is 1.73 bits per heavy atom. The third-order valence-corrected chi connectivity index (χ3v) is 3.58. The Kier molecular flexibility index (Phi) is 3.89. The number of ether oxygens (including phenoxy) is 1. The predicted octanol–water partition coefficient (Wildman–Crippen LogP) is 2.84. The maximum absolute atomic E-state index is 6.25. The van der Waals surface area contributed by atoms with Crippen molar-refractivity contribution in [3.8, 4) is 17.1 Å². The van der Waals surface area contributed by atoms with Crippen LogP contribution in [0.25, 0.3) is 11.4 Å². The fourth-order valence-electron chi connectivity index (χ4n) is 2.21. The van der Waals surface area contributed by atoms with Gasteiger partial charge >= 0.3 is 0 Å². The van der Waals surface area contributed by atoms with Crippen LogP contribution >= 0.6 is 0 Å². The summed E-state index contributed by atoms with van der Waals surface area (Å²) in [7, 11) is 1.64. The lowest BCUT2D eigenvalue weighted by Crippen LogP contribution is -2.13. The lowest BCUT2D eigenvalue weighted by Gasteiger charge is -2.09. The average Bonchev–Trinajstić information content (AvgIpc) is 3.05. The van der Waals surface area contributed by atoms with E-state index in [0.29, 0.717) is 11.6 Å². The van der Waals surface area contributed by atoms with Crippen LogP contribution in [0.1, 0.15) is 23.0 Å². The number of benzene rings is 2. The monoisotopic (exact) mass is 294 g/mol. The second kappa shape index (κ2) is 5.99. The lowest BCUT2D eigenvalue weighted by atomic mass is 10.1. The number of nitrogens with two attached hydrogens (primary N) is 1. The van der Waals surface area contributed by atoms with E-state index in [0.717, 1.165) is 16.9 Å². The molecule has 0 saturated carbocycles. The number of rotatable bonds is 4. The predicted molar refractivity (Wildman–Crippen MR) is 85.6 cm³/mol. The van der Waals surface area contributed by atoms with Crippen molar-refractivity contribution in [1.29, 1.82) is 0 Å². The molecule has 112 valence electrons. The number of methoxy groups -OCH3 is 1. The minimum Gasteiger partial charge on any atom is -0.497 e. The van der Waals surface area contributed by atoms with E-state index in [9.17, 15) is 0 Å². The van der Waals surface area contributed by atoms with Crippen LogP contribution in [0.15, 0.2) is 48.5 Å². The maximum Gasteiger partial charge on any atom is 0.181 e. The number of H-pyrrole nitrogens is 1. The molecule has 3 N–H and O–H groups in total. The van der Waals surface area contributed by atoms with Crippen molar-refractivity contribution in [3.05, 3.63) is 65.5 Å². The van der Waals surface area contributed by atoms with Gasteiger partial charge in [0.2, 0.25) is 0 Å². The second-order valence-corrected chi connectivity index (χ2v) is 5.16. The van der Waals surface area contributed by atoms with Gasteiger partial charge in [0.15, 0.2) is 5.82 Å². The topological polar surface area (TPSA) is 76.8 Å². The van der Waals surface area contributed by atoms with Crippen LogP contribution in [0.4, 0.5) is 0 Å². The normalized spacial score (nSPS) is 12.1. The number of hydrogen-bond donors (Lipinski definition) is 2. The molecule has 0 aliphatic carbocycles. The Morgan fingerprint density at radius 3 is 2.36 bits per heavy atom. The van der Waals surface area contributed by atoms with Crippen LogP contribution in [-0.4, -0.2) is 22.3 Å². The van der Waals surface area contributed by atoms with Crippen molar-refractivity contribution in [1.82, 2.24) is 15.2 Å². The van der Waals surface area contributed by atoms with Gasteiger partial charge in [0.25, 0.3) is 0 Å². The van der Waals surface area contributed by atoms with Crippen LogP contribution in [0.5, 0.6) is 5.75 Å². The highest BCUT2D eigenvalue weighted by Gasteiger charge is 2.14. The van der Waals surface area contributed by atoms with Crippen molar-refractivity contribution in [2.75, 3.05) is 7.11 Å². The van der Waals surface area contributed by atoms with E-state index >= 15 is 0 Å². The molecule has 5 nitrogen and oxygen atoms in total. The van der Waals surface area contributed by atoms with E-state index in [-0.39, 0.29) is 6.04 Å². The van der Waals surface area contributed by atoms with Gasteiger partial charge in [-0.1, -0.05) is 42.0 Å². The fraction of sp³-hybridized carbons (Fsp3) is 0.176. The summed E-state index contributed by atoms with van der Waals surface area (Å²) in [6.45, 7) is 2.05. The molecule has 2 aromatic carbocycles. The van der Waals surface area contributed by atoms with E-state index in [1.54, 1.807) is 7.11 Å². The van der Waals surface area contributed by atoms with Gasteiger partial charge < -0.3 is 10.5 Å². The highest BCUT2D eigenvalue weighted by atomic mass is 16.5. The van der Waals surface area contributed by atoms with Crippen LogP contribution in [0, 0.1) is 6.92 Å². The Labute approximate surface area is 129 Å². The van der Waals surface area contributed by atoms with Gasteiger partial charge in [-0.3, -0.25) is 5.10 Å². The zero-order valence-electron chi connectivity index (χ0n) is 12.6. The molecule has 0 amide bonds. The zero-order valence-corrected chi connectivity index (χ0v) is 12.6. The van der Waals surface area contributed by atoms with Gasteiger partial charge in [-0.25, -0.2) is 4.98 Å². The molecule has 1 aromatic heterocycles. The Morgan fingerprint density at radius 1 is 1.05 bits per heavy atom. The highest BCUT2D eigenvalue weighted by Crippen LogP contribution is 2.22. The van der Waals surface area contributed by atoms with E-state index in [4.69, 9.17) is 10.5 Å². The number of aromatic nitrogens is 3. The first kappa shape index (κ1) is 14.3. The van der Waals surface area contributed by atoms with Crippen molar-refractivity contribution >= 4 is 0 Å². The van der Waals surface area contributed by atoms with E-state index in [2.05, 4.69) is 15.2 Å². The quantitative estimate of drug-likeness (QED) is 0.775. The molecule has 0 radical (unpaired) electrons. The molecule has 0 aliphatic heterocycles. The summed E-state index contributed by atoms with van der Waals surface area (Å²) in [6.07, 6.45) is 0. The van der Waals surface area contributed by atoms with Gasteiger partial charge in [0, 0.05) is 5.56 Å². The summed E-state index contributed by atoms with van der Waals surface area (Å²) in [4.78, 5) is 4.51. The molecule has 0 fully saturated rings. The standard InChI is InChI=1S/C17H18N4O/c1-11-3-5-13(6-4-11)16-19-17(21-20-16)15(18)12-7-9-14(22-2)10-8-12/h3-10,15H,18H2,1-2H3,(H,19,20,21)/t15-/m0/s1. The molecule has 0 aliphatic rings. The molecule has 0 unspecified atom stereocenters. The van der Waals surface area contributed by atoms with E-state index in [1.807, 2.05) is 55.5 Å². The number of aromatic amines is 1. The third kappa shape index (κ3) is 2.84. The molecule has 0 saturated heterocycles. The summed E-state index contributed by atoms with van der Waals surface area (Å²) in [5.74, 6) is 2.09. The molecular formula is C17H18N4O. The molecule has 0 bridgehead atoms. The molecule has 22 heavy (non-hydrogen) atoms. The minimum atomic E-state index is -0.349. The van der Waals surface area contributed by atoms with Crippen molar-refractivity contribution in [3.63, 3.8) is 0 Å². The molecule has 5 heteroatoms. The second-order valence-electron chi connectivity index (χ2n) is 5.16. The Balaban J connectivity index is 1.84. The van der Waals surface area contributed by atoms with Gasteiger partial charge in [0.05, 0.1) is 13.2 Å². The fourth-order valence-corrected chi connectivity index (χ4v) is 2.21. The number of aryl methyl sites for hydroxylation is 1. The zero-order chi connectivity index (χ0) is 15.5. The summed E-state index contributed by atoms with van der Waals surface area (Å²) >= 11 is 0. The smallest absolute Gasteiger partial charge is 0.181 e. The maximum atomic E-state index is 6.25. The first-order chi connectivity index (χ1) is 10.7. The summed E-state index contributed by atoms with van der Waals surface area (Å²) in [6, 6.07) is 15.3. The van der Waals surface area contributed by atoms with Crippen LogP contribution in [-0.2, 0) is 0 Å². The molecule has 3 aromatic rings. The summed E-state index contributed by atoms with van der Waals surface area (Å²) in [5, 5.41) is 7.18. The SMILES string of the molecule is COc1ccc([C@H](N)c2nc(-c3ccc(C)cc3)n[nH]2)cc1. The third-order valence-electron chi connectivity index (χ3n) is 3.58. The average molecular weight is 294 g/mol. The van der Waals surface area contributed by atoms with Crippen molar-refractivity contribution in [2.45, 2.75) is 13.0 Å². The molecule has 3 rings (SSSR count). The first-order valence-electron chi connectivity index (χ1n) is 7.06. The number of nitrogens with zero attached hydrogens (tertiary/aromatic N) is 2. The van der Waals surface area contributed by atoms with E-state index < -0.39 is 0 Å². The highest BCUT2D eigenvalue weighted by molar-refractivity contribution is 5.55. The molecular weight excluding hydrogens is 276 g/mol.